The van der Waals surface area contributed by atoms with Crippen LogP contribution < -0.4 is 5.32 Å². The van der Waals surface area contributed by atoms with Crippen molar-refractivity contribution in [2.45, 2.75) is 26.8 Å². The predicted molar refractivity (Wildman–Crippen MR) is 107 cm³/mol. The molecule has 0 saturated carbocycles. The number of rotatable bonds is 6. The Morgan fingerprint density at radius 2 is 1.81 bits per heavy atom. The summed E-state index contributed by atoms with van der Waals surface area (Å²) in [7, 11) is 0. The van der Waals surface area contributed by atoms with Gasteiger partial charge in [0.15, 0.2) is 5.78 Å². The molecular formula is C21H22ClN3O2. The van der Waals surface area contributed by atoms with Crippen LogP contribution >= 0.6 is 11.6 Å². The van der Waals surface area contributed by atoms with Crippen molar-refractivity contribution in [1.29, 1.82) is 0 Å². The van der Waals surface area contributed by atoms with Gasteiger partial charge in [-0.25, -0.2) is 0 Å². The number of nitrogens with one attached hydrogen (secondary N) is 2. The van der Waals surface area contributed by atoms with Gasteiger partial charge in [-0.1, -0.05) is 37.6 Å². The molecule has 0 atom stereocenters. The highest BCUT2D eigenvalue weighted by Gasteiger charge is 2.13. The molecule has 3 rings (SSSR count). The van der Waals surface area contributed by atoms with E-state index in [2.05, 4.69) is 15.3 Å². The van der Waals surface area contributed by atoms with Gasteiger partial charge in [0, 0.05) is 42.1 Å². The average Bonchev–Trinajstić information content (AvgIpc) is 3.19. The number of carbonyl (C=O) groups is 2. The number of hydrogen-bond donors (Lipinski definition) is 2. The van der Waals surface area contributed by atoms with E-state index in [0.29, 0.717) is 22.8 Å². The van der Waals surface area contributed by atoms with Crippen LogP contribution in [-0.2, 0) is 13.0 Å². The van der Waals surface area contributed by atoms with Crippen LogP contribution in [0.5, 0.6) is 0 Å². The zero-order valence-electron chi connectivity index (χ0n) is 15.3. The molecule has 2 heterocycles. The minimum absolute atomic E-state index is 0.0771. The van der Waals surface area contributed by atoms with Gasteiger partial charge in [0.2, 0.25) is 0 Å². The third-order valence-electron chi connectivity index (χ3n) is 3.71. The predicted octanol–water partition coefficient (Wildman–Crippen LogP) is 4.44. The molecule has 0 aliphatic rings. The van der Waals surface area contributed by atoms with Crippen LogP contribution in [0, 0.1) is 0 Å². The molecule has 2 N–H and O–H groups in total. The molecule has 0 bridgehead atoms. The summed E-state index contributed by atoms with van der Waals surface area (Å²) < 4.78 is 0. The molecule has 1 aromatic carbocycles. The van der Waals surface area contributed by atoms with E-state index in [1.54, 1.807) is 42.9 Å². The Kier molecular flexibility index (Phi) is 7.77. The Hall–Kier alpha value is -2.92. The summed E-state index contributed by atoms with van der Waals surface area (Å²) in [5.41, 5.74) is 2.60. The number of ketones is 1. The van der Waals surface area contributed by atoms with Gasteiger partial charge in [0.05, 0.1) is 0 Å². The number of amides is 1. The molecule has 2 aromatic heterocycles. The van der Waals surface area contributed by atoms with Gasteiger partial charge in [-0.15, -0.1) is 0 Å². The zero-order valence-corrected chi connectivity index (χ0v) is 16.1. The molecule has 0 spiro atoms. The van der Waals surface area contributed by atoms with E-state index in [4.69, 9.17) is 11.6 Å². The van der Waals surface area contributed by atoms with Crippen molar-refractivity contribution >= 4 is 23.3 Å². The molecule has 3 aromatic rings. The van der Waals surface area contributed by atoms with E-state index >= 15 is 0 Å². The van der Waals surface area contributed by atoms with Crippen LogP contribution in [0.3, 0.4) is 0 Å². The van der Waals surface area contributed by atoms with Crippen LogP contribution in [0.15, 0.2) is 61.1 Å². The number of nitrogens with zero attached hydrogens (tertiary/aromatic N) is 1. The molecule has 1 amide bonds. The smallest absolute Gasteiger partial charge is 0.267 e. The summed E-state index contributed by atoms with van der Waals surface area (Å²) >= 11 is 5.93. The molecule has 140 valence electrons. The molecule has 0 radical (unpaired) electrons. The minimum atomic E-state index is -0.265. The van der Waals surface area contributed by atoms with Crippen LogP contribution in [0.2, 0.25) is 5.02 Å². The molecule has 0 aliphatic carbocycles. The first-order valence-corrected chi connectivity index (χ1v) is 9.13. The van der Waals surface area contributed by atoms with Gasteiger partial charge < -0.3 is 10.3 Å². The first-order valence-electron chi connectivity index (χ1n) is 8.75. The summed E-state index contributed by atoms with van der Waals surface area (Å²) in [4.78, 5) is 31.3. The van der Waals surface area contributed by atoms with Gasteiger partial charge >= 0.3 is 0 Å². The maximum Gasteiger partial charge on any atom is 0.267 e. The number of aromatic amines is 1. The van der Waals surface area contributed by atoms with Gasteiger partial charge in [-0.05, 0) is 41.5 Å². The zero-order chi connectivity index (χ0) is 19.6. The van der Waals surface area contributed by atoms with E-state index in [-0.39, 0.29) is 18.1 Å². The van der Waals surface area contributed by atoms with E-state index in [9.17, 15) is 9.59 Å². The summed E-state index contributed by atoms with van der Waals surface area (Å²) in [5, 5.41) is 3.39. The van der Waals surface area contributed by atoms with Crippen molar-refractivity contribution in [3.8, 4) is 0 Å². The maximum absolute atomic E-state index is 12.3. The highest BCUT2D eigenvalue weighted by Crippen LogP contribution is 2.14. The minimum Gasteiger partial charge on any atom is -0.356 e. The normalized spacial score (nSPS) is 9.89. The summed E-state index contributed by atoms with van der Waals surface area (Å²) in [6.07, 6.45) is 5.12. The Morgan fingerprint density at radius 3 is 2.52 bits per heavy atom. The van der Waals surface area contributed by atoms with E-state index in [0.717, 1.165) is 11.1 Å². The van der Waals surface area contributed by atoms with Crippen LogP contribution in [0.25, 0.3) is 0 Å². The highest BCUT2D eigenvalue weighted by atomic mass is 35.5. The first-order chi connectivity index (χ1) is 13.1. The second-order valence-corrected chi connectivity index (χ2v) is 6.01. The summed E-state index contributed by atoms with van der Waals surface area (Å²) in [5.74, 6) is -0.342. The fourth-order valence-corrected chi connectivity index (χ4v) is 2.61. The van der Waals surface area contributed by atoms with E-state index < -0.39 is 0 Å². The lowest BCUT2D eigenvalue weighted by molar-refractivity contribution is 0.0946. The van der Waals surface area contributed by atoms with Crippen LogP contribution in [0.4, 0.5) is 0 Å². The third-order valence-corrected chi connectivity index (χ3v) is 3.94. The fourth-order valence-electron chi connectivity index (χ4n) is 2.40. The number of Topliss-reactive ketones (excluding diaryl/α,β-unsaturated/α-hetero) is 1. The number of H-pyrrole nitrogens is 1. The van der Waals surface area contributed by atoms with Crippen molar-refractivity contribution in [2.24, 2.45) is 0 Å². The Labute approximate surface area is 163 Å². The lowest BCUT2D eigenvalue weighted by Crippen LogP contribution is -2.23. The van der Waals surface area contributed by atoms with Crippen molar-refractivity contribution in [2.75, 3.05) is 0 Å². The number of hydrogen-bond acceptors (Lipinski definition) is 3. The van der Waals surface area contributed by atoms with Gasteiger partial charge in [-0.2, -0.15) is 0 Å². The number of benzene rings is 1. The lowest BCUT2D eigenvalue weighted by Gasteiger charge is -2.03. The third kappa shape index (κ3) is 6.08. The number of pyridine rings is 1. The summed E-state index contributed by atoms with van der Waals surface area (Å²) in [6, 6.07) is 12.4. The summed E-state index contributed by atoms with van der Waals surface area (Å²) in [6.45, 7) is 4.40. The van der Waals surface area contributed by atoms with Gasteiger partial charge in [0.25, 0.3) is 5.91 Å². The largest absolute Gasteiger partial charge is 0.356 e. The topological polar surface area (TPSA) is 74.8 Å². The van der Waals surface area contributed by atoms with Crippen molar-refractivity contribution in [1.82, 2.24) is 15.3 Å². The molecule has 0 aliphatic heterocycles. The Morgan fingerprint density at radius 1 is 1.07 bits per heavy atom. The fraction of sp³-hybridized carbons (Fsp3) is 0.190. The first kappa shape index (κ1) is 20.4. The number of aromatic nitrogens is 2. The SMILES string of the molecule is CC.O=C(Cc1cccc(Cl)c1)c1c[nH]c(C(=O)NCc2ccncc2)c1. The van der Waals surface area contributed by atoms with E-state index in [1.807, 2.05) is 32.0 Å². The van der Waals surface area contributed by atoms with Crippen molar-refractivity contribution < 1.29 is 9.59 Å². The molecular weight excluding hydrogens is 362 g/mol. The van der Waals surface area contributed by atoms with Gasteiger partial charge in [0.1, 0.15) is 5.69 Å². The molecule has 0 saturated heterocycles. The second-order valence-electron chi connectivity index (χ2n) is 5.57. The molecule has 27 heavy (non-hydrogen) atoms. The lowest BCUT2D eigenvalue weighted by atomic mass is 10.1. The molecule has 0 unspecified atom stereocenters. The number of halogens is 1. The van der Waals surface area contributed by atoms with Crippen molar-refractivity contribution in [3.63, 3.8) is 0 Å². The number of carbonyl (C=O) groups excluding carboxylic acids is 2. The second kappa shape index (κ2) is 10.3. The standard InChI is InChI=1S/C19H16ClN3O2.C2H6/c20-16-3-1-2-14(8-16)9-18(24)15-10-17(22-12-15)19(25)23-11-13-4-6-21-7-5-13;1-2/h1-8,10,12,22H,9,11H2,(H,23,25);1-2H3. The van der Waals surface area contributed by atoms with Gasteiger partial charge in [-0.3, -0.25) is 14.6 Å². The highest BCUT2D eigenvalue weighted by molar-refractivity contribution is 6.30. The molecule has 6 heteroatoms. The Bertz CT molecular complexity index is 891. The quantitative estimate of drug-likeness (QED) is 0.617. The van der Waals surface area contributed by atoms with E-state index in [1.165, 1.54) is 0 Å². The Balaban J connectivity index is 0.00000126. The average molecular weight is 384 g/mol. The molecule has 5 nitrogen and oxygen atoms in total. The maximum atomic E-state index is 12.3. The van der Waals surface area contributed by atoms with Crippen molar-refractivity contribution in [3.05, 3.63) is 88.5 Å². The monoisotopic (exact) mass is 383 g/mol. The van der Waals surface area contributed by atoms with Crippen LogP contribution in [-0.4, -0.2) is 21.7 Å². The molecule has 0 fully saturated rings. The van der Waals surface area contributed by atoms with Crippen LogP contribution in [0.1, 0.15) is 45.8 Å².